The number of amides is 3. The Kier molecular flexibility index (Phi) is 9.66. The van der Waals surface area contributed by atoms with E-state index in [4.69, 9.17) is 15.2 Å². The first-order chi connectivity index (χ1) is 25.3. The Morgan fingerprint density at radius 1 is 1.02 bits per heavy atom. The first kappa shape index (κ1) is 36.3. The lowest BCUT2D eigenvalue weighted by molar-refractivity contribution is -0.151. The zero-order valence-corrected chi connectivity index (χ0v) is 31.4. The summed E-state index contributed by atoms with van der Waals surface area (Å²) in [7, 11) is -1.48. The molecule has 3 aliphatic rings. The summed E-state index contributed by atoms with van der Waals surface area (Å²) in [5.41, 5.74) is 9.77. The number of carbonyl (C=O) groups is 3. The van der Waals surface area contributed by atoms with Crippen molar-refractivity contribution in [1.82, 2.24) is 4.90 Å². The summed E-state index contributed by atoms with van der Waals surface area (Å²) in [5, 5.41) is 13.2. The smallest absolute Gasteiger partial charge is 0.264 e. The quantitative estimate of drug-likeness (QED) is 0.135. The fraction of sp³-hybridized carbons (Fsp3) is 0.341. The fourth-order valence-corrected chi connectivity index (χ4v) is 11.1. The molecule has 11 nitrogen and oxygen atoms in total. The molecule has 3 amide bonds. The van der Waals surface area contributed by atoms with E-state index in [2.05, 4.69) is 5.32 Å². The topological polar surface area (TPSA) is 155 Å². The highest BCUT2D eigenvalue weighted by Crippen LogP contribution is 2.60. The van der Waals surface area contributed by atoms with Crippen molar-refractivity contribution in [3.63, 3.8) is 0 Å². The van der Waals surface area contributed by atoms with Gasteiger partial charge in [-0.1, -0.05) is 43.3 Å². The molecule has 0 saturated carbocycles. The highest BCUT2D eigenvalue weighted by molar-refractivity contribution is 6.71. The molecule has 7 rings (SSSR count). The van der Waals surface area contributed by atoms with Crippen LogP contribution in [0.25, 0.3) is 0 Å². The summed E-state index contributed by atoms with van der Waals surface area (Å²) in [6.45, 7) is 6.03. The van der Waals surface area contributed by atoms with Gasteiger partial charge in [-0.25, -0.2) is 0 Å². The van der Waals surface area contributed by atoms with E-state index in [1.54, 1.807) is 59.4 Å². The third kappa shape index (κ3) is 6.61. The standard InChI is InChI=1S/C41H46N4O7Si/c1-25-38(53(3,4)50)36(21-37(47)44-23-29-8-6-5-7-28(29)19-32(44)24-46)52-41(25)34-20-33(51-2)17-18-35(34)45(40(41)49)22-26-9-15-31(16-10-26)43-39(48)27-11-13-30(42)14-12-27/h5-18,20,25,32,36,38,46,50H,19,21-24,42H2,1-4H3,(H,43,48)/t25-,32-,36+,38-,41+/m0/s1. The minimum atomic E-state index is -3.05. The third-order valence-electron chi connectivity index (χ3n) is 11.2. The molecular formula is C41H46N4O7Si. The number of aliphatic hydroxyl groups is 1. The molecule has 3 heterocycles. The molecule has 0 radical (unpaired) electrons. The van der Waals surface area contributed by atoms with Crippen molar-refractivity contribution in [3.05, 3.63) is 119 Å². The second-order valence-electron chi connectivity index (χ2n) is 14.9. The molecule has 3 aliphatic heterocycles. The number of ether oxygens (including phenoxy) is 2. The number of rotatable bonds is 9. The number of aliphatic hydroxyl groups excluding tert-OH is 1. The molecule has 1 spiro atoms. The van der Waals surface area contributed by atoms with Crippen LogP contribution in [0.3, 0.4) is 0 Å². The average Bonchev–Trinajstić information content (AvgIpc) is 3.57. The van der Waals surface area contributed by atoms with Crippen molar-refractivity contribution >= 4 is 43.1 Å². The molecular weight excluding hydrogens is 689 g/mol. The van der Waals surface area contributed by atoms with E-state index in [-0.39, 0.29) is 43.3 Å². The molecule has 5 N–H and O–H groups in total. The number of hydrogen-bond donors (Lipinski definition) is 4. The minimum Gasteiger partial charge on any atom is -0.497 e. The molecule has 0 aliphatic carbocycles. The van der Waals surface area contributed by atoms with Crippen LogP contribution in [0.1, 0.15) is 46.0 Å². The summed E-state index contributed by atoms with van der Waals surface area (Å²) >= 11 is 0. The van der Waals surface area contributed by atoms with Crippen LogP contribution < -0.4 is 20.7 Å². The lowest BCUT2D eigenvalue weighted by atomic mass is 9.82. The van der Waals surface area contributed by atoms with E-state index in [9.17, 15) is 24.3 Å². The van der Waals surface area contributed by atoms with Crippen LogP contribution >= 0.6 is 0 Å². The van der Waals surface area contributed by atoms with Crippen LogP contribution in [0.4, 0.5) is 17.1 Å². The van der Waals surface area contributed by atoms with E-state index in [1.807, 2.05) is 68.5 Å². The van der Waals surface area contributed by atoms with Crippen molar-refractivity contribution in [1.29, 1.82) is 0 Å². The molecule has 0 unspecified atom stereocenters. The summed E-state index contributed by atoms with van der Waals surface area (Å²) in [4.78, 5) is 57.1. The van der Waals surface area contributed by atoms with Gasteiger partial charge in [0.25, 0.3) is 11.8 Å². The summed E-state index contributed by atoms with van der Waals surface area (Å²) in [6.07, 6.45) is -0.236. The number of carbonyl (C=O) groups excluding carboxylic acids is 3. The van der Waals surface area contributed by atoms with Crippen molar-refractivity contribution in [2.45, 2.75) is 69.2 Å². The molecule has 53 heavy (non-hydrogen) atoms. The minimum absolute atomic E-state index is 0.0391. The normalized spacial score (nSPS) is 23.5. The Bertz CT molecular complexity index is 2030. The predicted molar refractivity (Wildman–Crippen MR) is 205 cm³/mol. The second-order valence-corrected chi connectivity index (χ2v) is 18.9. The van der Waals surface area contributed by atoms with Gasteiger partial charge < -0.3 is 40.2 Å². The van der Waals surface area contributed by atoms with Crippen LogP contribution in [0.2, 0.25) is 18.6 Å². The lowest BCUT2D eigenvalue weighted by Crippen LogP contribution is -2.48. The van der Waals surface area contributed by atoms with E-state index >= 15 is 0 Å². The van der Waals surface area contributed by atoms with Gasteiger partial charge in [-0.2, -0.15) is 0 Å². The predicted octanol–water partition coefficient (Wildman–Crippen LogP) is 5.21. The highest BCUT2D eigenvalue weighted by Gasteiger charge is 2.66. The molecule has 0 aromatic heterocycles. The van der Waals surface area contributed by atoms with E-state index in [1.165, 1.54) is 0 Å². The largest absolute Gasteiger partial charge is 0.497 e. The van der Waals surface area contributed by atoms with Gasteiger partial charge in [0.2, 0.25) is 5.91 Å². The van der Waals surface area contributed by atoms with Crippen LogP contribution in [0.15, 0.2) is 91.0 Å². The number of fused-ring (bicyclic) bond motifs is 3. The van der Waals surface area contributed by atoms with Gasteiger partial charge in [0.05, 0.1) is 44.5 Å². The summed E-state index contributed by atoms with van der Waals surface area (Å²) < 4.78 is 12.6. The number of benzene rings is 4. The van der Waals surface area contributed by atoms with Gasteiger partial charge in [0.15, 0.2) is 13.9 Å². The highest BCUT2D eigenvalue weighted by atomic mass is 28.4. The first-order valence-corrected chi connectivity index (χ1v) is 21.0. The summed E-state index contributed by atoms with van der Waals surface area (Å²) in [6, 6.07) is 27.0. The zero-order chi connectivity index (χ0) is 37.7. The number of hydrogen-bond acceptors (Lipinski definition) is 8. The maximum Gasteiger partial charge on any atom is 0.264 e. The monoisotopic (exact) mass is 734 g/mol. The number of anilines is 3. The molecule has 0 bridgehead atoms. The molecule has 5 atom stereocenters. The molecule has 1 saturated heterocycles. The van der Waals surface area contributed by atoms with Gasteiger partial charge in [-0.05, 0) is 90.8 Å². The fourth-order valence-electron chi connectivity index (χ4n) is 8.59. The molecule has 276 valence electrons. The van der Waals surface area contributed by atoms with Crippen LogP contribution in [-0.2, 0) is 39.4 Å². The average molecular weight is 735 g/mol. The van der Waals surface area contributed by atoms with E-state index in [0.717, 1.165) is 16.7 Å². The van der Waals surface area contributed by atoms with E-state index in [0.29, 0.717) is 46.9 Å². The molecule has 4 aromatic rings. The van der Waals surface area contributed by atoms with Crippen LogP contribution in [0, 0.1) is 5.92 Å². The molecule has 12 heteroatoms. The Labute approximate surface area is 310 Å². The number of nitrogens with zero attached hydrogens (tertiary/aromatic N) is 2. The first-order valence-electron chi connectivity index (χ1n) is 18.0. The second kappa shape index (κ2) is 14.1. The maximum absolute atomic E-state index is 14.9. The Balaban J connectivity index is 1.17. The number of methoxy groups -OCH3 is 1. The number of nitrogen functional groups attached to an aromatic ring is 1. The van der Waals surface area contributed by atoms with Gasteiger partial charge >= 0.3 is 0 Å². The maximum atomic E-state index is 14.9. The Morgan fingerprint density at radius 3 is 2.38 bits per heavy atom. The molecule has 1 fully saturated rings. The third-order valence-corrected chi connectivity index (χ3v) is 13.7. The van der Waals surface area contributed by atoms with Gasteiger partial charge in [-0.15, -0.1) is 0 Å². The number of nitrogens with one attached hydrogen (secondary N) is 1. The summed E-state index contributed by atoms with van der Waals surface area (Å²) in [5.74, 6) is -0.638. The van der Waals surface area contributed by atoms with Crippen molar-refractivity contribution in [3.8, 4) is 5.75 Å². The van der Waals surface area contributed by atoms with Crippen LogP contribution in [0.5, 0.6) is 5.75 Å². The SMILES string of the molecule is COc1ccc2c(c1)[C@@]1(O[C@H](CC(=O)N3Cc4ccccc4C[C@H]3CO)[C@@H]([Si](C)(C)O)[C@@H]1C)C(=O)N2Cc1ccc(NC(=O)c2ccc(N)cc2)cc1. The van der Waals surface area contributed by atoms with Gasteiger partial charge in [0.1, 0.15) is 5.75 Å². The lowest BCUT2D eigenvalue weighted by Gasteiger charge is -2.37. The molecule has 4 aromatic carbocycles. The van der Waals surface area contributed by atoms with Crippen molar-refractivity contribution < 1.29 is 33.8 Å². The Morgan fingerprint density at radius 2 is 1.72 bits per heavy atom. The van der Waals surface area contributed by atoms with E-state index < -0.39 is 31.5 Å². The van der Waals surface area contributed by atoms with Gasteiger partial charge in [-0.3, -0.25) is 14.4 Å². The van der Waals surface area contributed by atoms with Crippen molar-refractivity contribution in [2.75, 3.05) is 29.7 Å². The van der Waals surface area contributed by atoms with Gasteiger partial charge in [0, 0.05) is 40.5 Å². The van der Waals surface area contributed by atoms with Crippen LogP contribution in [-0.4, -0.2) is 66.7 Å². The zero-order valence-electron chi connectivity index (χ0n) is 30.4. The van der Waals surface area contributed by atoms with Crippen molar-refractivity contribution in [2.24, 2.45) is 5.92 Å². The number of nitrogens with two attached hydrogens (primary N) is 1. The Hall–Kier alpha value is -5.01.